The van der Waals surface area contributed by atoms with Crippen molar-refractivity contribution in [2.45, 2.75) is 26.4 Å². The lowest BCUT2D eigenvalue weighted by atomic mass is 10.1. The molecule has 3 rings (SSSR count). The molecule has 0 aromatic heterocycles. The molecule has 7 nitrogen and oxygen atoms in total. The molecule has 1 heterocycles. The van der Waals surface area contributed by atoms with E-state index >= 15 is 0 Å². The number of benzene rings is 2. The van der Waals surface area contributed by atoms with Crippen LogP contribution in [-0.4, -0.2) is 41.5 Å². The molecule has 2 aromatic rings. The minimum absolute atomic E-state index is 0.0558. The maximum Gasteiger partial charge on any atom is 0.285 e. The lowest BCUT2D eigenvalue weighted by Gasteiger charge is -2.16. The molecule has 2 amide bonds. The van der Waals surface area contributed by atoms with Crippen molar-refractivity contribution in [2.75, 3.05) is 14.2 Å². The minimum Gasteiger partial charge on any atom is -0.497 e. The van der Waals surface area contributed by atoms with Crippen LogP contribution in [-0.2, 0) is 4.79 Å². The SMILES string of the molecule is CCC(C)Oc1ccc(/C=C2\SC(=S)N(NC(=O)c3ccc(OC)cc3)C2=O)cc1OC. The number of nitrogens with one attached hydrogen (secondary N) is 1. The standard InChI is InChI=1S/C23H24N2O5S2/c1-5-14(2)30-18-11-6-15(12-19(18)29-4)13-20-22(27)25(23(31)32-20)24-21(26)16-7-9-17(28-3)10-8-16/h6-14H,5H2,1-4H3,(H,24,26)/b20-13-. The smallest absolute Gasteiger partial charge is 0.285 e. The molecule has 2 aromatic carbocycles. The van der Waals surface area contributed by atoms with Gasteiger partial charge >= 0.3 is 0 Å². The number of ether oxygens (including phenoxy) is 3. The van der Waals surface area contributed by atoms with E-state index in [2.05, 4.69) is 5.43 Å². The summed E-state index contributed by atoms with van der Waals surface area (Å²) in [6.07, 6.45) is 2.63. The first-order valence-corrected chi connectivity index (χ1v) is 11.2. The van der Waals surface area contributed by atoms with Crippen LogP contribution in [0.5, 0.6) is 17.2 Å². The summed E-state index contributed by atoms with van der Waals surface area (Å²) >= 11 is 6.41. The van der Waals surface area contributed by atoms with Crippen molar-refractivity contribution in [3.05, 3.63) is 58.5 Å². The molecule has 1 N–H and O–H groups in total. The van der Waals surface area contributed by atoms with Crippen LogP contribution in [0.1, 0.15) is 36.2 Å². The van der Waals surface area contributed by atoms with Crippen molar-refractivity contribution in [2.24, 2.45) is 0 Å². The van der Waals surface area contributed by atoms with E-state index < -0.39 is 11.8 Å². The second-order valence-electron chi connectivity index (χ2n) is 6.93. The predicted octanol–water partition coefficient (Wildman–Crippen LogP) is 4.43. The Hall–Kier alpha value is -3.04. The van der Waals surface area contributed by atoms with Gasteiger partial charge in [0.25, 0.3) is 11.8 Å². The van der Waals surface area contributed by atoms with Crippen molar-refractivity contribution in [3.63, 3.8) is 0 Å². The average molecular weight is 473 g/mol. The second-order valence-corrected chi connectivity index (χ2v) is 8.61. The fraction of sp³-hybridized carbons (Fsp3) is 0.261. The number of amides is 2. The van der Waals surface area contributed by atoms with Crippen LogP contribution in [0.25, 0.3) is 6.08 Å². The van der Waals surface area contributed by atoms with Gasteiger partial charge in [-0.2, -0.15) is 5.01 Å². The number of nitrogens with zero attached hydrogens (tertiary/aromatic N) is 1. The third kappa shape index (κ3) is 5.41. The minimum atomic E-state index is -0.446. The van der Waals surface area contributed by atoms with Crippen LogP contribution in [0.4, 0.5) is 0 Å². The van der Waals surface area contributed by atoms with Gasteiger partial charge in [-0.05, 0) is 73.6 Å². The van der Waals surface area contributed by atoms with E-state index in [-0.39, 0.29) is 10.4 Å². The number of thioether (sulfide) groups is 1. The summed E-state index contributed by atoms with van der Waals surface area (Å²) in [4.78, 5) is 25.8. The first-order valence-electron chi connectivity index (χ1n) is 9.94. The highest BCUT2D eigenvalue weighted by molar-refractivity contribution is 8.26. The van der Waals surface area contributed by atoms with Crippen molar-refractivity contribution in [1.29, 1.82) is 0 Å². The Balaban J connectivity index is 1.75. The maximum atomic E-state index is 12.9. The molecule has 1 atom stereocenters. The number of carbonyl (C=O) groups is 2. The molecule has 168 valence electrons. The zero-order valence-electron chi connectivity index (χ0n) is 18.2. The summed E-state index contributed by atoms with van der Waals surface area (Å²) in [5.41, 5.74) is 3.69. The Bertz CT molecular complexity index is 1050. The Kier molecular flexibility index (Phi) is 7.76. The average Bonchev–Trinajstić information content (AvgIpc) is 3.07. The molecule has 1 aliphatic heterocycles. The van der Waals surface area contributed by atoms with Crippen molar-refractivity contribution in [1.82, 2.24) is 10.4 Å². The first-order chi connectivity index (χ1) is 15.4. The third-order valence-corrected chi connectivity index (χ3v) is 6.05. The number of hydrogen-bond acceptors (Lipinski definition) is 7. The lowest BCUT2D eigenvalue weighted by Crippen LogP contribution is -2.44. The van der Waals surface area contributed by atoms with Gasteiger partial charge in [0.15, 0.2) is 15.8 Å². The molecule has 1 fully saturated rings. The van der Waals surface area contributed by atoms with Crippen LogP contribution >= 0.6 is 24.0 Å². The van der Waals surface area contributed by atoms with E-state index in [4.69, 9.17) is 26.4 Å². The van der Waals surface area contributed by atoms with Crippen LogP contribution in [0.2, 0.25) is 0 Å². The van der Waals surface area contributed by atoms with Gasteiger partial charge in [-0.25, -0.2) is 0 Å². The molecular weight excluding hydrogens is 448 g/mol. The summed E-state index contributed by atoms with van der Waals surface area (Å²) in [6, 6.07) is 12.0. The highest BCUT2D eigenvalue weighted by atomic mass is 32.2. The van der Waals surface area contributed by atoms with Gasteiger partial charge in [0.2, 0.25) is 0 Å². The van der Waals surface area contributed by atoms with Gasteiger partial charge in [0.1, 0.15) is 5.75 Å². The zero-order chi connectivity index (χ0) is 23.3. The van der Waals surface area contributed by atoms with E-state index in [0.29, 0.717) is 27.7 Å². The molecule has 0 aliphatic carbocycles. The van der Waals surface area contributed by atoms with Crippen molar-refractivity contribution in [3.8, 4) is 17.2 Å². The van der Waals surface area contributed by atoms with Crippen molar-refractivity contribution >= 4 is 46.2 Å². The number of methoxy groups -OCH3 is 2. The van der Waals surface area contributed by atoms with Gasteiger partial charge in [-0.1, -0.05) is 24.8 Å². The quantitative estimate of drug-likeness (QED) is 0.450. The number of hydrogen-bond donors (Lipinski definition) is 1. The summed E-state index contributed by atoms with van der Waals surface area (Å²) < 4.78 is 16.6. The summed E-state index contributed by atoms with van der Waals surface area (Å²) in [5.74, 6) is 0.992. The normalized spacial score (nSPS) is 15.6. The van der Waals surface area contributed by atoms with Gasteiger partial charge in [-0.15, -0.1) is 0 Å². The molecule has 0 radical (unpaired) electrons. The molecule has 0 saturated carbocycles. The van der Waals surface area contributed by atoms with E-state index in [1.807, 2.05) is 26.0 Å². The van der Waals surface area contributed by atoms with Crippen LogP contribution < -0.4 is 19.6 Å². The first kappa shape index (κ1) is 23.6. The van der Waals surface area contributed by atoms with Gasteiger partial charge in [0, 0.05) is 5.56 Å². The number of thiocarbonyl (C=S) groups is 1. The molecular formula is C23H24N2O5S2. The third-order valence-electron chi connectivity index (χ3n) is 4.75. The molecule has 1 aliphatic rings. The topological polar surface area (TPSA) is 77.1 Å². The largest absolute Gasteiger partial charge is 0.497 e. The number of carbonyl (C=O) groups excluding carboxylic acids is 2. The lowest BCUT2D eigenvalue weighted by molar-refractivity contribution is -0.123. The highest BCUT2D eigenvalue weighted by Crippen LogP contribution is 2.34. The Morgan fingerprint density at radius 1 is 1.16 bits per heavy atom. The Labute approximate surface area is 196 Å². The fourth-order valence-corrected chi connectivity index (χ4v) is 3.97. The number of hydrazine groups is 1. The van der Waals surface area contributed by atoms with Gasteiger partial charge in [0.05, 0.1) is 25.2 Å². The van der Waals surface area contributed by atoms with Crippen LogP contribution in [0, 0.1) is 0 Å². The van der Waals surface area contributed by atoms with E-state index in [9.17, 15) is 9.59 Å². The van der Waals surface area contributed by atoms with Gasteiger partial charge < -0.3 is 14.2 Å². The van der Waals surface area contributed by atoms with E-state index in [0.717, 1.165) is 28.8 Å². The molecule has 32 heavy (non-hydrogen) atoms. The maximum absolute atomic E-state index is 12.9. The molecule has 1 saturated heterocycles. The molecule has 1 unspecified atom stereocenters. The molecule has 9 heteroatoms. The summed E-state index contributed by atoms with van der Waals surface area (Å²) in [7, 11) is 3.11. The monoisotopic (exact) mass is 472 g/mol. The second kappa shape index (κ2) is 10.5. The van der Waals surface area contributed by atoms with Crippen LogP contribution in [0.3, 0.4) is 0 Å². The Morgan fingerprint density at radius 2 is 1.88 bits per heavy atom. The highest BCUT2D eigenvalue weighted by Gasteiger charge is 2.33. The summed E-state index contributed by atoms with van der Waals surface area (Å²) in [5, 5.41) is 1.08. The fourth-order valence-electron chi connectivity index (χ4n) is 2.80. The van der Waals surface area contributed by atoms with Gasteiger partial charge in [-0.3, -0.25) is 15.0 Å². The summed E-state index contributed by atoms with van der Waals surface area (Å²) in [6.45, 7) is 4.03. The molecule has 0 spiro atoms. The number of rotatable bonds is 8. The molecule has 0 bridgehead atoms. The zero-order valence-corrected chi connectivity index (χ0v) is 19.8. The Morgan fingerprint density at radius 3 is 2.50 bits per heavy atom. The predicted molar refractivity (Wildman–Crippen MR) is 129 cm³/mol. The van der Waals surface area contributed by atoms with Crippen LogP contribution in [0.15, 0.2) is 47.4 Å². The van der Waals surface area contributed by atoms with E-state index in [1.54, 1.807) is 50.6 Å². The van der Waals surface area contributed by atoms with Crippen molar-refractivity contribution < 1.29 is 23.8 Å². The van der Waals surface area contributed by atoms with E-state index in [1.165, 1.54) is 0 Å².